The fourth-order valence-electron chi connectivity index (χ4n) is 13.2. The molecule has 2 heteroatoms. The number of allylic oxidation sites excluding steroid dienone is 1. The zero-order chi connectivity index (χ0) is 47.5. The van der Waals surface area contributed by atoms with Crippen molar-refractivity contribution in [1.82, 2.24) is 0 Å². The van der Waals surface area contributed by atoms with Gasteiger partial charge in [-0.05, 0) is 193 Å². The van der Waals surface area contributed by atoms with Gasteiger partial charge in [0.15, 0.2) is 0 Å². The largest absolute Gasteiger partial charge is 0.310 e. The van der Waals surface area contributed by atoms with Crippen LogP contribution in [0.25, 0.3) is 59.4 Å². The van der Waals surface area contributed by atoms with Crippen molar-refractivity contribution in [2.75, 3.05) is 9.80 Å². The first-order chi connectivity index (χ1) is 34.8. The average molecular weight is 913 g/mol. The molecule has 3 aliphatic rings. The molecule has 0 N–H and O–H groups in total. The molecule has 0 spiro atoms. The first-order valence-corrected chi connectivity index (χ1v) is 25.8. The maximum Gasteiger partial charge on any atom is 0.0576 e. The van der Waals surface area contributed by atoms with E-state index in [2.05, 4.69) is 238 Å². The van der Waals surface area contributed by atoms with E-state index in [1.54, 1.807) is 5.57 Å². The predicted molar refractivity (Wildman–Crippen MR) is 303 cm³/mol. The predicted octanol–water partition coefficient (Wildman–Crippen LogP) is 18.9. The molecule has 0 saturated heterocycles. The second-order valence-electron chi connectivity index (χ2n) is 21.3. The lowest BCUT2D eigenvalue weighted by Crippen LogP contribution is -2.23. The molecular formula is C69H56N2. The van der Waals surface area contributed by atoms with Crippen molar-refractivity contribution < 1.29 is 0 Å². The Labute approximate surface area is 417 Å². The molecule has 0 amide bonds. The summed E-state index contributed by atoms with van der Waals surface area (Å²) in [5.41, 5.74) is 20.1. The number of nitrogens with zero attached hydrogens (tertiary/aromatic N) is 2. The number of rotatable bonds is 6. The average Bonchev–Trinajstić information content (AvgIpc) is 3.64. The minimum atomic E-state index is -0.156. The van der Waals surface area contributed by atoms with Crippen molar-refractivity contribution >= 4 is 93.6 Å². The fourth-order valence-corrected chi connectivity index (χ4v) is 13.2. The van der Waals surface area contributed by atoms with Crippen LogP contribution in [0.15, 0.2) is 206 Å². The van der Waals surface area contributed by atoms with Crippen molar-refractivity contribution in [2.24, 2.45) is 5.92 Å². The minimum absolute atomic E-state index is 0.156. The third kappa shape index (κ3) is 6.61. The Kier molecular flexibility index (Phi) is 9.49. The molecule has 14 rings (SSSR count). The number of fused-ring (bicyclic) bond motifs is 10. The summed E-state index contributed by atoms with van der Waals surface area (Å²) in [7, 11) is 0. The highest BCUT2D eigenvalue weighted by Crippen LogP contribution is 2.59. The second-order valence-corrected chi connectivity index (χ2v) is 21.3. The SMILES string of the molecule is Cc1cc(N(c2ccc3ccccc3c2)c2c3c(c(N(c4ccc5ccccc5c4)c4ccc5ccccc5c4)c4cc5c(cc24)C(C)(C)C2=C5c4ccccc4CC2)CCC(C)C3)cc2ccccc12. The highest BCUT2D eigenvalue weighted by molar-refractivity contribution is 6.14. The lowest BCUT2D eigenvalue weighted by molar-refractivity contribution is 0.502. The Morgan fingerprint density at radius 2 is 0.930 bits per heavy atom. The van der Waals surface area contributed by atoms with Gasteiger partial charge in [-0.15, -0.1) is 0 Å². The number of hydrogen-bond acceptors (Lipinski definition) is 2. The van der Waals surface area contributed by atoms with Gasteiger partial charge in [0.1, 0.15) is 0 Å². The van der Waals surface area contributed by atoms with Gasteiger partial charge >= 0.3 is 0 Å². The first kappa shape index (κ1) is 42.0. The molecule has 2 nitrogen and oxygen atoms in total. The molecule has 0 radical (unpaired) electrons. The van der Waals surface area contributed by atoms with E-state index in [1.165, 1.54) is 133 Å². The molecule has 342 valence electrons. The van der Waals surface area contributed by atoms with Gasteiger partial charge in [0, 0.05) is 38.9 Å². The first-order valence-electron chi connectivity index (χ1n) is 25.8. The Balaban J connectivity index is 1.16. The van der Waals surface area contributed by atoms with Crippen LogP contribution in [0, 0.1) is 12.8 Å². The fraction of sp³-hybridized carbons (Fsp3) is 0.159. The molecule has 1 atom stereocenters. The van der Waals surface area contributed by atoms with Crippen LogP contribution in [-0.4, -0.2) is 0 Å². The summed E-state index contributed by atoms with van der Waals surface area (Å²) in [6.45, 7) is 9.76. The number of benzene rings is 11. The van der Waals surface area contributed by atoms with Crippen molar-refractivity contribution in [1.29, 1.82) is 0 Å². The van der Waals surface area contributed by atoms with E-state index >= 15 is 0 Å². The van der Waals surface area contributed by atoms with E-state index in [0.29, 0.717) is 5.92 Å². The lowest BCUT2D eigenvalue weighted by Gasteiger charge is -2.38. The Bertz CT molecular complexity index is 3980. The molecule has 0 bridgehead atoms. The quantitative estimate of drug-likeness (QED) is 0.153. The van der Waals surface area contributed by atoms with Gasteiger partial charge in [-0.2, -0.15) is 0 Å². The van der Waals surface area contributed by atoms with Crippen molar-refractivity contribution in [2.45, 2.75) is 65.2 Å². The summed E-state index contributed by atoms with van der Waals surface area (Å²) in [4.78, 5) is 5.32. The van der Waals surface area contributed by atoms with Gasteiger partial charge in [0.2, 0.25) is 0 Å². The van der Waals surface area contributed by atoms with Crippen molar-refractivity contribution in [3.8, 4) is 0 Å². The minimum Gasteiger partial charge on any atom is -0.310 e. The molecule has 71 heavy (non-hydrogen) atoms. The second kappa shape index (κ2) is 16.1. The van der Waals surface area contributed by atoms with Gasteiger partial charge < -0.3 is 9.80 Å². The molecule has 1 unspecified atom stereocenters. The molecule has 0 heterocycles. The Morgan fingerprint density at radius 3 is 1.56 bits per heavy atom. The normalized spacial score (nSPS) is 15.8. The molecule has 11 aromatic rings. The van der Waals surface area contributed by atoms with E-state index < -0.39 is 0 Å². The van der Waals surface area contributed by atoms with E-state index in [4.69, 9.17) is 0 Å². The van der Waals surface area contributed by atoms with E-state index in [1.807, 2.05) is 0 Å². The van der Waals surface area contributed by atoms with E-state index in [-0.39, 0.29) is 5.41 Å². The molecule has 11 aromatic carbocycles. The van der Waals surface area contributed by atoms with Crippen LogP contribution in [0.3, 0.4) is 0 Å². The topological polar surface area (TPSA) is 6.48 Å². The summed E-state index contributed by atoms with van der Waals surface area (Å²) < 4.78 is 0. The van der Waals surface area contributed by atoms with Crippen LogP contribution in [-0.2, 0) is 24.7 Å². The number of aryl methyl sites for hydroxylation is 2. The van der Waals surface area contributed by atoms with Crippen molar-refractivity contribution in [3.63, 3.8) is 0 Å². The van der Waals surface area contributed by atoms with E-state index in [0.717, 1.165) is 32.1 Å². The summed E-state index contributed by atoms with van der Waals surface area (Å²) in [5, 5.41) is 12.6. The van der Waals surface area contributed by atoms with Gasteiger partial charge in [0.05, 0.1) is 11.4 Å². The highest BCUT2D eigenvalue weighted by Gasteiger charge is 2.42. The van der Waals surface area contributed by atoms with Crippen LogP contribution in [0.4, 0.5) is 34.1 Å². The van der Waals surface area contributed by atoms with Gasteiger partial charge in [-0.3, -0.25) is 0 Å². The van der Waals surface area contributed by atoms with Crippen LogP contribution >= 0.6 is 0 Å². The third-order valence-corrected chi connectivity index (χ3v) is 16.7. The van der Waals surface area contributed by atoms with Crippen molar-refractivity contribution in [3.05, 3.63) is 245 Å². The van der Waals surface area contributed by atoms with Crippen LogP contribution in [0.2, 0.25) is 0 Å². The van der Waals surface area contributed by atoms with Crippen LogP contribution in [0.1, 0.15) is 72.6 Å². The Hall–Kier alpha value is -7.94. The smallest absolute Gasteiger partial charge is 0.0576 e. The molecule has 0 saturated carbocycles. The van der Waals surface area contributed by atoms with Gasteiger partial charge in [-0.25, -0.2) is 0 Å². The van der Waals surface area contributed by atoms with Gasteiger partial charge in [0.25, 0.3) is 0 Å². The molecule has 0 aromatic heterocycles. The summed E-state index contributed by atoms with van der Waals surface area (Å²) in [6, 6.07) is 76.2. The molecular weight excluding hydrogens is 857 g/mol. The summed E-state index contributed by atoms with van der Waals surface area (Å²) in [5.74, 6) is 0.509. The summed E-state index contributed by atoms with van der Waals surface area (Å²) >= 11 is 0. The lowest BCUT2D eigenvalue weighted by atomic mass is 9.75. The van der Waals surface area contributed by atoms with E-state index in [9.17, 15) is 0 Å². The standard InChI is InChI=1S/C69H56N2/c1-43-25-33-59-60(35-43)68(71(55-32-28-47-17-7-10-21-51(47)39-55)56-36-44(2)57-23-13-12-22-52(57)40-56)62-42-65-63(66-58-24-14-11-18-48(58)29-34-64(66)69(65,3)4)41-61(62)67(59)70(53-30-26-45-15-5-8-19-49(45)37-53)54-31-27-46-16-6-9-20-50(46)38-54/h5-24,26-28,30-32,36-43H,25,29,33-35H2,1-4H3. The zero-order valence-electron chi connectivity index (χ0n) is 41.1. The van der Waals surface area contributed by atoms with Crippen LogP contribution < -0.4 is 9.80 Å². The highest BCUT2D eigenvalue weighted by atomic mass is 15.2. The number of hydrogen-bond donors (Lipinski definition) is 0. The monoisotopic (exact) mass is 912 g/mol. The maximum absolute atomic E-state index is 2.67. The van der Waals surface area contributed by atoms with Gasteiger partial charge in [-0.1, -0.05) is 166 Å². The third-order valence-electron chi connectivity index (χ3n) is 16.7. The molecule has 0 aliphatic heterocycles. The molecule has 3 aliphatic carbocycles. The Morgan fingerprint density at radius 1 is 0.423 bits per heavy atom. The number of anilines is 6. The zero-order valence-corrected chi connectivity index (χ0v) is 41.1. The maximum atomic E-state index is 2.67. The van der Waals surface area contributed by atoms with Crippen LogP contribution in [0.5, 0.6) is 0 Å². The summed E-state index contributed by atoms with van der Waals surface area (Å²) in [6.07, 6.45) is 5.23. The molecule has 0 fully saturated rings.